The van der Waals surface area contributed by atoms with Gasteiger partial charge in [0.1, 0.15) is 0 Å². The molecule has 0 aliphatic heterocycles. The van der Waals surface area contributed by atoms with Gasteiger partial charge >= 0.3 is 0 Å². The first-order valence-electron chi connectivity index (χ1n) is 8.30. The lowest BCUT2D eigenvalue weighted by atomic mass is 10.2. The molecule has 0 atom stereocenters. The average Bonchev–Trinajstić information content (AvgIpc) is 2.72. The summed E-state index contributed by atoms with van der Waals surface area (Å²) in [7, 11) is -9.01. The molecule has 0 aliphatic carbocycles. The molecule has 0 amide bonds. The molecule has 0 fully saturated rings. The number of hydrogen-bond donors (Lipinski definition) is 3. The van der Waals surface area contributed by atoms with Gasteiger partial charge in [-0.05, 0) is 54.6 Å². The topological polar surface area (TPSA) is 151 Å². The fraction of sp³-hybridized carbons (Fsp3) is 0. The molecule has 0 spiro atoms. The van der Waals surface area contributed by atoms with Crippen LogP contribution in [-0.2, 0) is 29.6 Å². The Balaban J connectivity index is 2.21. The van der Waals surface area contributed by atoms with Crippen molar-refractivity contribution in [3.63, 3.8) is 0 Å². The summed E-state index contributed by atoms with van der Waals surface area (Å²) >= 11 is 0.687. The zero-order valence-corrected chi connectivity index (χ0v) is 17.8. The maximum absolute atomic E-state index is 11.6. The summed E-state index contributed by atoms with van der Waals surface area (Å²) in [5.74, 6) is 0. The van der Waals surface area contributed by atoms with Gasteiger partial charge in [0.15, 0.2) is 0 Å². The van der Waals surface area contributed by atoms with Gasteiger partial charge in [-0.1, -0.05) is 23.2 Å². The van der Waals surface area contributed by atoms with Crippen molar-refractivity contribution >= 4 is 49.3 Å². The molecular weight excluding hydrogens is 470 g/mol. The second-order valence-electron chi connectivity index (χ2n) is 6.00. The van der Waals surface area contributed by atoms with Crippen molar-refractivity contribution in [1.29, 1.82) is 0 Å². The van der Waals surface area contributed by atoms with E-state index in [0.717, 1.165) is 0 Å². The van der Waals surface area contributed by atoms with Gasteiger partial charge in [0.2, 0.25) is 0 Å². The number of nitrogens with zero attached hydrogens (tertiary/aromatic N) is 1. The Morgan fingerprint density at radius 1 is 0.710 bits per heavy atom. The van der Waals surface area contributed by atoms with Gasteiger partial charge in [0.25, 0.3) is 20.2 Å². The van der Waals surface area contributed by atoms with Gasteiger partial charge in [-0.15, -0.1) is 4.33 Å². The zero-order chi connectivity index (χ0) is 22.6. The van der Waals surface area contributed by atoms with Gasteiger partial charge in [-0.3, -0.25) is 9.11 Å². The van der Waals surface area contributed by atoms with Crippen molar-refractivity contribution in [2.45, 2.75) is 14.7 Å². The Morgan fingerprint density at radius 2 is 1.16 bits per heavy atom. The van der Waals surface area contributed by atoms with Crippen LogP contribution in [0.2, 0.25) is 0 Å². The summed E-state index contributed by atoms with van der Waals surface area (Å²) < 4.78 is 69.7. The van der Waals surface area contributed by atoms with Crippen molar-refractivity contribution in [2.75, 3.05) is 4.90 Å². The molecule has 0 saturated carbocycles. The van der Waals surface area contributed by atoms with E-state index in [2.05, 4.69) is 9.37 Å². The smallest absolute Gasteiger partial charge is 0.294 e. The normalized spacial score (nSPS) is 12.0. The highest BCUT2D eigenvalue weighted by molar-refractivity contribution is 7.94. The number of hydrogen-bond acceptors (Lipinski definition) is 9. The summed E-state index contributed by atoms with van der Waals surface area (Å²) in [6, 6.07) is 17.2. The monoisotopic (exact) mass is 485 g/mol. The Labute approximate surface area is 182 Å². The van der Waals surface area contributed by atoms with E-state index in [4.69, 9.17) is 5.26 Å². The molecule has 0 radical (unpaired) electrons. The molecule has 3 aromatic rings. The van der Waals surface area contributed by atoms with Gasteiger partial charge in [0.05, 0.1) is 21.8 Å². The Morgan fingerprint density at radius 3 is 1.61 bits per heavy atom. The number of rotatable bonds is 8. The lowest BCUT2D eigenvalue weighted by Gasteiger charge is -2.26. The number of anilines is 3. The zero-order valence-electron chi connectivity index (χ0n) is 15.4. The lowest BCUT2D eigenvalue weighted by molar-refractivity contribution is -0.432. The molecule has 0 aromatic heterocycles. The van der Waals surface area contributed by atoms with Gasteiger partial charge in [-0.2, -0.15) is 16.8 Å². The van der Waals surface area contributed by atoms with E-state index >= 15 is 0 Å². The first-order valence-corrected chi connectivity index (χ1v) is 11.9. The van der Waals surface area contributed by atoms with Crippen LogP contribution in [0.3, 0.4) is 0 Å². The molecule has 3 N–H and O–H groups in total. The summed E-state index contributed by atoms with van der Waals surface area (Å²) in [6.45, 7) is 0. The fourth-order valence-electron chi connectivity index (χ4n) is 2.74. The van der Waals surface area contributed by atoms with Crippen LogP contribution in [0.1, 0.15) is 0 Å². The third-order valence-corrected chi connectivity index (χ3v) is 6.26. The van der Waals surface area contributed by atoms with E-state index in [0.29, 0.717) is 22.6 Å². The van der Waals surface area contributed by atoms with Crippen LogP contribution in [0.4, 0.5) is 17.1 Å². The predicted molar refractivity (Wildman–Crippen MR) is 111 cm³/mol. The minimum atomic E-state index is -4.51. The SMILES string of the molecule is O=S(=O)(O)c1cccc(N(c2cccc(SOOO)c2)c2cccc(S(=O)(=O)O)c2)c1. The molecular formula is C18H15NO9S3. The standard InChI is InChI=1S/C18H15NO9S3/c20-27-28-29-16-7-1-4-13(10-16)19(14-5-2-8-17(11-14)30(21,22)23)15-6-3-9-18(12-15)31(24,25)26/h1-12,20H,(H,21,22,23)(H,24,25,26). The second-order valence-corrected chi connectivity index (χ2v) is 9.62. The maximum Gasteiger partial charge on any atom is 0.294 e. The van der Waals surface area contributed by atoms with Crippen molar-refractivity contribution < 1.29 is 40.6 Å². The van der Waals surface area contributed by atoms with E-state index in [9.17, 15) is 25.9 Å². The molecule has 13 heteroatoms. The molecule has 3 aromatic carbocycles. The molecule has 0 heterocycles. The van der Waals surface area contributed by atoms with E-state index in [1.807, 2.05) is 0 Å². The molecule has 3 rings (SSSR count). The first kappa shape index (κ1) is 23.2. The van der Waals surface area contributed by atoms with Crippen molar-refractivity contribution in [3.05, 3.63) is 72.8 Å². The Hall–Kier alpha value is -2.49. The Kier molecular flexibility index (Phi) is 6.98. The van der Waals surface area contributed by atoms with Gasteiger partial charge in [-0.25, -0.2) is 5.26 Å². The quantitative estimate of drug-likeness (QED) is 0.183. The van der Waals surface area contributed by atoms with Gasteiger partial charge in [0, 0.05) is 22.0 Å². The van der Waals surface area contributed by atoms with Crippen LogP contribution >= 0.6 is 12.0 Å². The molecule has 10 nitrogen and oxygen atoms in total. The molecule has 31 heavy (non-hydrogen) atoms. The third-order valence-electron chi connectivity index (χ3n) is 3.98. The summed E-state index contributed by atoms with van der Waals surface area (Å²) in [5, 5.41) is 11.9. The molecule has 0 unspecified atom stereocenters. The van der Waals surface area contributed by atoms with Crippen molar-refractivity contribution in [2.24, 2.45) is 0 Å². The molecule has 164 valence electrons. The van der Waals surface area contributed by atoms with E-state index in [1.54, 1.807) is 36.4 Å². The first-order chi connectivity index (χ1) is 14.6. The van der Waals surface area contributed by atoms with Crippen LogP contribution in [0, 0.1) is 0 Å². The van der Waals surface area contributed by atoms with E-state index in [1.165, 1.54) is 41.3 Å². The highest BCUT2D eigenvalue weighted by Crippen LogP contribution is 2.38. The summed E-state index contributed by atoms with van der Waals surface area (Å²) in [6.07, 6.45) is 0. The molecule has 0 aliphatic rings. The van der Waals surface area contributed by atoms with Crippen LogP contribution < -0.4 is 4.90 Å². The summed E-state index contributed by atoms with van der Waals surface area (Å²) in [4.78, 5) is 1.23. The highest BCUT2D eigenvalue weighted by Gasteiger charge is 2.19. The van der Waals surface area contributed by atoms with Crippen molar-refractivity contribution in [3.8, 4) is 0 Å². The Bertz CT molecular complexity index is 1220. The summed E-state index contributed by atoms with van der Waals surface area (Å²) in [5.41, 5.74) is 0.972. The van der Waals surface area contributed by atoms with E-state index in [-0.39, 0.29) is 21.2 Å². The molecule has 0 saturated heterocycles. The fourth-order valence-corrected chi connectivity index (χ4v) is 4.19. The average molecular weight is 486 g/mol. The molecule has 0 bridgehead atoms. The van der Waals surface area contributed by atoms with Crippen molar-refractivity contribution in [1.82, 2.24) is 0 Å². The van der Waals surface area contributed by atoms with Crippen LogP contribution in [0.15, 0.2) is 87.5 Å². The largest absolute Gasteiger partial charge is 0.310 e. The lowest BCUT2D eigenvalue weighted by Crippen LogP contribution is -2.12. The third kappa shape index (κ3) is 5.81. The minimum Gasteiger partial charge on any atom is -0.310 e. The van der Waals surface area contributed by atoms with Crippen LogP contribution in [0.5, 0.6) is 0 Å². The predicted octanol–water partition coefficient (Wildman–Crippen LogP) is 4.08. The van der Waals surface area contributed by atoms with Crippen LogP contribution in [0.25, 0.3) is 0 Å². The highest BCUT2D eigenvalue weighted by atomic mass is 32.2. The maximum atomic E-state index is 11.6. The minimum absolute atomic E-state index is 0.268. The second kappa shape index (κ2) is 9.33. The van der Waals surface area contributed by atoms with Gasteiger partial charge < -0.3 is 4.90 Å². The van der Waals surface area contributed by atoms with Crippen LogP contribution in [-0.4, -0.2) is 31.2 Å². The van der Waals surface area contributed by atoms with E-state index < -0.39 is 20.2 Å². The number of benzene rings is 3.